The number of carbonyl (C=O) groups excluding carboxylic acids is 1. The van der Waals surface area contributed by atoms with Gasteiger partial charge in [-0.25, -0.2) is 0 Å². The molecule has 0 spiro atoms. The van der Waals surface area contributed by atoms with E-state index in [1.807, 2.05) is 0 Å². The minimum absolute atomic E-state index is 0.0312. The molecule has 1 aromatic rings. The van der Waals surface area contributed by atoms with Crippen LogP contribution in [0.15, 0.2) is 22.7 Å². The number of nitrogens with one attached hydrogen (secondary N) is 1. The topological polar surface area (TPSA) is 41.6 Å². The number of hydrogen-bond acceptors (Lipinski definition) is 3. The summed E-state index contributed by atoms with van der Waals surface area (Å²) in [6.07, 6.45) is 2.39. The van der Waals surface area contributed by atoms with Gasteiger partial charge in [0.25, 0.3) is 5.91 Å². The summed E-state index contributed by atoms with van der Waals surface area (Å²) in [7, 11) is 1.61. The minimum Gasteiger partial charge on any atom is -0.496 e. The number of ether oxygens (including phenoxy) is 1. The third kappa shape index (κ3) is 3.52. The van der Waals surface area contributed by atoms with Gasteiger partial charge in [0.1, 0.15) is 5.75 Å². The Morgan fingerprint density at radius 3 is 3.00 bits per heavy atom. The number of rotatable bonds is 5. The van der Waals surface area contributed by atoms with Crippen molar-refractivity contribution in [1.82, 2.24) is 10.2 Å². The Hall–Kier alpha value is -1.07. The molecule has 4 nitrogen and oxygen atoms in total. The summed E-state index contributed by atoms with van der Waals surface area (Å²) in [5, 5.41) is 3.03. The van der Waals surface area contributed by atoms with Gasteiger partial charge in [-0.15, -0.1) is 0 Å². The molecular weight excluding hydrogens is 320 g/mol. The highest BCUT2D eigenvalue weighted by Gasteiger charge is 2.23. The number of nitrogens with zero attached hydrogens (tertiary/aromatic N) is 1. The van der Waals surface area contributed by atoms with Crippen LogP contribution in [0.1, 0.15) is 30.1 Å². The van der Waals surface area contributed by atoms with Gasteiger partial charge in [0.05, 0.1) is 11.6 Å². The average molecular weight is 341 g/mol. The summed E-state index contributed by atoms with van der Waals surface area (Å²) in [5.74, 6) is 0.700. The van der Waals surface area contributed by atoms with Crippen LogP contribution in [0.2, 0.25) is 0 Å². The fraction of sp³-hybridized carbons (Fsp3) is 0.533. The molecule has 0 aromatic heterocycles. The monoisotopic (exact) mass is 340 g/mol. The molecule has 1 aromatic carbocycles. The maximum Gasteiger partial charge on any atom is 0.251 e. The van der Waals surface area contributed by atoms with E-state index in [0.29, 0.717) is 11.6 Å². The van der Waals surface area contributed by atoms with Crippen molar-refractivity contribution in [3.05, 3.63) is 28.2 Å². The van der Waals surface area contributed by atoms with Crippen LogP contribution in [0, 0.1) is 0 Å². The van der Waals surface area contributed by atoms with Gasteiger partial charge < -0.3 is 10.1 Å². The van der Waals surface area contributed by atoms with E-state index in [2.05, 4.69) is 33.1 Å². The molecule has 1 N–H and O–H groups in total. The van der Waals surface area contributed by atoms with Crippen molar-refractivity contribution in [2.45, 2.75) is 25.8 Å². The van der Waals surface area contributed by atoms with Crippen LogP contribution in [-0.2, 0) is 0 Å². The summed E-state index contributed by atoms with van der Waals surface area (Å²) in [5.41, 5.74) is 0.652. The molecule has 0 saturated carbocycles. The molecule has 1 saturated heterocycles. The molecule has 0 bridgehead atoms. The summed E-state index contributed by atoms with van der Waals surface area (Å²) in [6.45, 7) is 5.08. The number of hydrogen-bond donors (Lipinski definition) is 1. The van der Waals surface area contributed by atoms with Gasteiger partial charge >= 0.3 is 0 Å². The van der Waals surface area contributed by atoms with Crippen LogP contribution < -0.4 is 10.1 Å². The van der Waals surface area contributed by atoms with Crippen molar-refractivity contribution in [1.29, 1.82) is 0 Å². The van der Waals surface area contributed by atoms with E-state index in [0.717, 1.165) is 29.9 Å². The molecule has 1 atom stereocenters. The second-order valence-corrected chi connectivity index (χ2v) is 5.84. The lowest BCUT2D eigenvalue weighted by Gasteiger charge is -2.22. The molecule has 0 radical (unpaired) electrons. The van der Waals surface area contributed by atoms with Crippen molar-refractivity contribution < 1.29 is 9.53 Å². The van der Waals surface area contributed by atoms with Crippen LogP contribution in [0.4, 0.5) is 0 Å². The molecule has 2 rings (SSSR count). The zero-order valence-corrected chi connectivity index (χ0v) is 13.6. The first-order valence-electron chi connectivity index (χ1n) is 7.01. The second kappa shape index (κ2) is 7.09. The molecule has 110 valence electrons. The van der Waals surface area contributed by atoms with Gasteiger partial charge in [-0.2, -0.15) is 0 Å². The van der Waals surface area contributed by atoms with E-state index in [9.17, 15) is 4.79 Å². The maximum absolute atomic E-state index is 12.2. The fourth-order valence-corrected chi connectivity index (χ4v) is 3.20. The third-order valence-electron chi connectivity index (χ3n) is 3.82. The van der Waals surface area contributed by atoms with E-state index in [1.54, 1.807) is 25.3 Å². The molecule has 1 aliphatic rings. The summed E-state index contributed by atoms with van der Waals surface area (Å²) in [6, 6.07) is 5.85. The number of methoxy groups -OCH3 is 1. The molecule has 1 unspecified atom stereocenters. The number of halogens is 1. The predicted molar refractivity (Wildman–Crippen MR) is 83.3 cm³/mol. The molecule has 0 aliphatic carbocycles. The number of amides is 1. The highest BCUT2D eigenvalue weighted by Crippen LogP contribution is 2.25. The maximum atomic E-state index is 12.2. The van der Waals surface area contributed by atoms with Gasteiger partial charge in [0, 0.05) is 18.2 Å². The zero-order valence-electron chi connectivity index (χ0n) is 12.0. The average Bonchev–Trinajstić information content (AvgIpc) is 2.92. The Labute approximate surface area is 128 Å². The van der Waals surface area contributed by atoms with Crippen molar-refractivity contribution in [2.75, 3.05) is 26.7 Å². The van der Waals surface area contributed by atoms with Crippen molar-refractivity contribution in [3.63, 3.8) is 0 Å². The molecule has 20 heavy (non-hydrogen) atoms. The van der Waals surface area contributed by atoms with E-state index in [-0.39, 0.29) is 5.91 Å². The Balaban J connectivity index is 1.93. The van der Waals surface area contributed by atoms with Crippen molar-refractivity contribution in [3.8, 4) is 5.75 Å². The van der Waals surface area contributed by atoms with Gasteiger partial charge in [-0.3, -0.25) is 9.69 Å². The largest absolute Gasteiger partial charge is 0.496 e. The first kappa shape index (κ1) is 15.3. The summed E-state index contributed by atoms with van der Waals surface area (Å²) in [4.78, 5) is 14.6. The van der Waals surface area contributed by atoms with Crippen LogP contribution in [0.5, 0.6) is 5.75 Å². The smallest absolute Gasteiger partial charge is 0.251 e. The Morgan fingerprint density at radius 1 is 1.55 bits per heavy atom. The molecule has 1 aliphatic heterocycles. The molecular formula is C15H21BrN2O2. The highest BCUT2D eigenvalue weighted by atomic mass is 79.9. The van der Waals surface area contributed by atoms with Gasteiger partial charge in [-0.05, 0) is 60.1 Å². The lowest BCUT2D eigenvalue weighted by atomic mass is 10.2. The fourth-order valence-electron chi connectivity index (χ4n) is 2.66. The lowest BCUT2D eigenvalue weighted by molar-refractivity contribution is 0.0941. The summed E-state index contributed by atoms with van der Waals surface area (Å²) < 4.78 is 5.96. The highest BCUT2D eigenvalue weighted by molar-refractivity contribution is 9.10. The Kier molecular flexibility index (Phi) is 5.43. The molecule has 1 fully saturated rings. The van der Waals surface area contributed by atoms with Crippen molar-refractivity contribution in [2.24, 2.45) is 0 Å². The van der Waals surface area contributed by atoms with E-state index in [4.69, 9.17) is 4.74 Å². The van der Waals surface area contributed by atoms with Gasteiger partial charge in [0.2, 0.25) is 0 Å². The van der Waals surface area contributed by atoms with E-state index < -0.39 is 0 Å². The van der Waals surface area contributed by atoms with Gasteiger partial charge in [-0.1, -0.05) is 6.92 Å². The zero-order chi connectivity index (χ0) is 14.5. The number of carbonyl (C=O) groups is 1. The van der Waals surface area contributed by atoms with Crippen LogP contribution >= 0.6 is 15.9 Å². The number of benzene rings is 1. The first-order valence-corrected chi connectivity index (χ1v) is 7.80. The van der Waals surface area contributed by atoms with Gasteiger partial charge in [0.15, 0.2) is 0 Å². The molecule has 5 heteroatoms. The standard InChI is InChI=1S/C15H21BrN2O2/c1-3-18-8-4-5-12(18)10-17-15(19)11-6-7-14(20-2)13(16)9-11/h6-7,9,12H,3-5,8,10H2,1-2H3,(H,17,19). The third-order valence-corrected chi connectivity index (χ3v) is 4.44. The second-order valence-electron chi connectivity index (χ2n) is 4.98. The van der Waals surface area contributed by atoms with Crippen LogP contribution in [-0.4, -0.2) is 43.6 Å². The Bertz CT molecular complexity index is 479. The first-order chi connectivity index (χ1) is 9.65. The van der Waals surface area contributed by atoms with Crippen LogP contribution in [0.25, 0.3) is 0 Å². The summed E-state index contributed by atoms with van der Waals surface area (Å²) >= 11 is 3.40. The molecule has 1 amide bonds. The quantitative estimate of drug-likeness (QED) is 0.895. The van der Waals surface area contributed by atoms with Crippen molar-refractivity contribution >= 4 is 21.8 Å². The normalized spacial score (nSPS) is 19.1. The number of likely N-dealkylation sites (N-methyl/N-ethyl adjacent to an activating group) is 1. The predicted octanol–water partition coefficient (Wildman–Crippen LogP) is 2.67. The SMILES string of the molecule is CCN1CCCC1CNC(=O)c1ccc(OC)c(Br)c1. The Morgan fingerprint density at radius 2 is 2.35 bits per heavy atom. The van der Waals surface area contributed by atoms with E-state index >= 15 is 0 Å². The molecule has 1 heterocycles. The van der Waals surface area contributed by atoms with Crippen LogP contribution in [0.3, 0.4) is 0 Å². The van der Waals surface area contributed by atoms with E-state index in [1.165, 1.54) is 12.8 Å². The number of likely N-dealkylation sites (tertiary alicyclic amines) is 1. The lowest BCUT2D eigenvalue weighted by Crippen LogP contribution is -2.40. The minimum atomic E-state index is -0.0312.